The van der Waals surface area contributed by atoms with Gasteiger partial charge in [-0.05, 0) is 60.0 Å². The van der Waals surface area contributed by atoms with Crippen molar-refractivity contribution >= 4 is 34.8 Å². The van der Waals surface area contributed by atoms with E-state index in [0.717, 1.165) is 19.3 Å². The second-order valence-corrected chi connectivity index (χ2v) is 9.15. The number of rotatable bonds is 7. The smallest absolute Gasteiger partial charge is 0.233 e. The van der Waals surface area contributed by atoms with Gasteiger partial charge < -0.3 is 14.8 Å². The van der Waals surface area contributed by atoms with Crippen LogP contribution >= 0.6 is 23.2 Å². The summed E-state index contributed by atoms with van der Waals surface area (Å²) in [5.41, 5.74) is 1.14. The third kappa shape index (κ3) is 4.68. The Labute approximate surface area is 197 Å². The minimum Gasteiger partial charge on any atom is -0.441 e. The zero-order chi connectivity index (χ0) is 22.8. The summed E-state index contributed by atoms with van der Waals surface area (Å²) in [6.07, 6.45) is 5.01. The molecule has 0 spiro atoms. The quantitative estimate of drug-likeness (QED) is 0.413. The molecule has 0 radical (unpaired) electrons. The molecule has 1 aromatic carbocycles. The van der Waals surface area contributed by atoms with Gasteiger partial charge in [0.15, 0.2) is 11.0 Å². The Hall–Kier alpha value is -2.41. The average Bonchev–Trinajstić information content (AvgIpc) is 3.35. The third-order valence-electron chi connectivity index (χ3n) is 6.27. The molecule has 2 heterocycles. The van der Waals surface area contributed by atoms with Crippen molar-refractivity contribution in [1.82, 2.24) is 9.97 Å². The number of hydrogen-bond donors (Lipinski definition) is 2. The lowest BCUT2D eigenvalue weighted by atomic mass is 9.96. The Morgan fingerprint density at radius 2 is 2.12 bits per heavy atom. The molecule has 4 atom stereocenters. The van der Waals surface area contributed by atoms with E-state index in [1.54, 1.807) is 24.3 Å². The van der Waals surface area contributed by atoms with Crippen molar-refractivity contribution < 1.29 is 14.3 Å². The van der Waals surface area contributed by atoms with Gasteiger partial charge in [0.1, 0.15) is 18.2 Å². The number of anilines is 1. The fraction of sp³-hybridized carbons (Fsp3) is 0.375. The number of aliphatic hydroxyl groups is 1. The van der Waals surface area contributed by atoms with E-state index >= 15 is 0 Å². The van der Waals surface area contributed by atoms with Gasteiger partial charge in [-0.3, -0.25) is 4.79 Å². The highest BCUT2D eigenvalue weighted by Crippen LogP contribution is 2.36. The molecule has 4 rings (SSSR count). The number of benzene rings is 1. The molecular weight excluding hydrogens is 449 g/mol. The Balaban J connectivity index is 1.57. The molecule has 1 aliphatic carbocycles. The van der Waals surface area contributed by atoms with Crippen molar-refractivity contribution in [3.63, 3.8) is 0 Å². The SMILES string of the molecule is CC[C@H]1C[C@@H](Nc2ncncc2C(=O)c2cc(C(O)c3cccc(Cl)c3)c(Cl)o2)C[C@@H]1C. The number of carbonyl (C=O) groups is 1. The molecule has 0 aliphatic heterocycles. The molecule has 3 aromatic rings. The molecule has 168 valence electrons. The molecule has 0 bridgehead atoms. The van der Waals surface area contributed by atoms with Gasteiger partial charge in [0, 0.05) is 22.8 Å². The number of aromatic nitrogens is 2. The van der Waals surface area contributed by atoms with E-state index in [4.69, 9.17) is 27.6 Å². The maximum absolute atomic E-state index is 13.2. The third-order valence-corrected chi connectivity index (χ3v) is 6.80. The number of aliphatic hydroxyl groups excluding tert-OH is 1. The predicted octanol–water partition coefficient (Wildman–Crippen LogP) is 5.93. The van der Waals surface area contributed by atoms with E-state index in [9.17, 15) is 9.90 Å². The number of nitrogens with zero attached hydrogens (tertiary/aromatic N) is 2. The van der Waals surface area contributed by atoms with Crippen molar-refractivity contribution in [2.24, 2.45) is 11.8 Å². The molecule has 1 unspecified atom stereocenters. The number of ketones is 1. The van der Waals surface area contributed by atoms with Gasteiger partial charge >= 0.3 is 0 Å². The van der Waals surface area contributed by atoms with E-state index in [-0.39, 0.29) is 17.0 Å². The fourth-order valence-corrected chi connectivity index (χ4v) is 4.94. The molecule has 32 heavy (non-hydrogen) atoms. The summed E-state index contributed by atoms with van der Waals surface area (Å²) in [6.45, 7) is 4.47. The first-order valence-electron chi connectivity index (χ1n) is 10.7. The molecule has 8 heteroatoms. The zero-order valence-electron chi connectivity index (χ0n) is 17.9. The summed E-state index contributed by atoms with van der Waals surface area (Å²) in [6, 6.07) is 8.50. The minimum absolute atomic E-state index is 0.00940. The van der Waals surface area contributed by atoms with E-state index in [1.807, 2.05) is 0 Å². The number of carbonyl (C=O) groups excluding carboxylic acids is 1. The number of furan rings is 1. The molecule has 0 saturated heterocycles. The van der Waals surface area contributed by atoms with E-state index in [0.29, 0.717) is 39.4 Å². The van der Waals surface area contributed by atoms with Gasteiger partial charge in [0.05, 0.1) is 5.56 Å². The van der Waals surface area contributed by atoms with Crippen LogP contribution in [0.15, 0.2) is 47.3 Å². The van der Waals surface area contributed by atoms with Crippen LogP contribution in [-0.4, -0.2) is 26.9 Å². The van der Waals surface area contributed by atoms with Crippen molar-refractivity contribution in [2.75, 3.05) is 5.32 Å². The van der Waals surface area contributed by atoms with Gasteiger partial charge in [0.25, 0.3) is 0 Å². The predicted molar refractivity (Wildman–Crippen MR) is 124 cm³/mol. The Morgan fingerprint density at radius 1 is 1.31 bits per heavy atom. The molecule has 1 fully saturated rings. The lowest BCUT2D eigenvalue weighted by Gasteiger charge is -2.15. The fourth-order valence-electron chi connectivity index (χ4n) is 4.50. The van der Waals surface area contributed by atoms with Crippen LogP contribution in [0.5, 0.6) is 0 Å². The topological polar surface area (TPSA) is 88.2 Å². The van der Waals surface area contributed by atoms with Crippen LogP contribution in [0.4, 0.5) is 5.82 Å². The number of nitrogens with one attached hydrogen (secondary N) is 1. The second kappa shape index (κ2) is 9.61. The van der Waals surface area contributed by atoms with E-state index < -0.39 is 11.9 Å². The lowest BCUT2D eigenvalue weighted by molar-refractivity contribution is 0.101. The van der Waals surface area contributed by atoms with Crippen LogP contribution in [0.3, 0.4) is 0 Å². The Kier molecular flexibility index (Phi) is 6.84. The van der Waals surface area contributed by atoms with Crippen LogP contribution < -0.4 is 5.32 Å². The van der Waals surface area contributed by atoms with Crippen molar-refractivity contribution in [3.05, 3.63) is 75.5 Å². The molecule has 2 aromatic heterocycles. The standard InChI is InChI=1S/C24H25Cl2N3O3/c1-3-14-9-17(7-13(14)2)29-24-19(11-27-12-28-24)22(31)20-10-18(23(26)32-20)21(30)15-5-4-6-16(25)8-15/h4-6,8,10-14,17,21,30H,3,7,9H2,1-2H3,(H,27,28,29)/t13-,14-,17-,21?/m0/s1. The summed E-state index contributed by atoms with van der Waals surface area (Å²) in [7, 11) is 0. The zero-order valence-corrected chi connectivity index (χ0v) is 19.4. The summed E-state index contributed by atoms with van der Waals surface area (Å²) < 4.78 is 5.52. The summed E-state index contributed by atoms with van der Waals surface area (Å²) in [5, 5.41) is 14.6. The van der Waals surface area contributed by atoms with Gasteiger partial charge in [-0.2, -0.15) is 0 Å². The molecular formula is C24H25Cl2N3O3. The maximum Gasteiger partial charge on any atom is 0.233 e. The van der Waals surface area contributed by atoms with Crippen LogP contribution in [0, 0.1) is 11.8 Å². The van der Waals surface area contributed by atoms with Gasteiger partial charge in [-0.15, -0.1) is 0 Å². The number of halogens is 2. The highest BCUT2D eigenvalue weighted by molar-refractivity contribution is 6.31. The summed E-state index contributed by atoms with van der Waals surface area (Å²) >= 11 is 12.3. The van der Waals surface area contributed by atoms with Gasteiger partial charge in [-0.25, -0.2) is 9.97 Å². The molecule has 6 nitrogen and oxygen atoms in total. The Bertz CT molecular complexity index is 1120. The first-order chi connectivity index (χ1) is 15.4. The Morgan fingerprint density at radius 3 is 2.84 bits per heavy atom. The second-order valence-electron chi connectivity index (χ2n) is 8.37. The van der Waals surface area contributed by atoms with Crippen LogP contribution in [0.1, 0.15) is 66.5 Å². The lowest BCUT2D eigenvalue weighted by Crippen LogP contribution is -2.19. The van der Waals surface area contributed by atoms with Crippen LogP contribution in [-0.2, 0) is 0 Å². The largest absolute Gasteiger partial charge is 0.441 e. The molecule has 1 saturated carbocycles. The highest BCUT2D eigenvalue weighted by atomic mass is 35.5. The normalized spacial score (nSPS) is 21.5. The number of hydrogen-bond acceptors (Lipinski definition) is 6. The minimum atomic E-state index is -1.08. The van der Waals surface area contributed by atoms with Crippen molar-refractivity contribution in [1.29, 1.82) is 0 Å². The van der Waals surface area contributed by atoms with Crippen LogP contribution in [0.25, 0.3) is 0 Å². The highest BCUT2D eigenvalue weighted by Gasteiger charge is 2.31. The molecule has 2 N–H and O–H groups in total. The van der Waals surface area contributed by atoms with Crippen LogP contribution in [0.2, 0.25) is 10.2 Å². The van der Waals surface area contributed by atoms with Gasteiger partial charge in [-0.1, -0.05) is 44.0 Å². The van der Waals surface area contributed by atoms with Crippen molar-refractivity contribution in [3.8, 4) is 0 Å². The summed E-state index contributed by atoms with van der Waals surface area (Å²) in [5.74, 6) is 1.36. The summed E-state index contributed by atoms with van der Waals surface area (Å²) in [4.78, 5) is 21.6. The van der Waals surface area contributed by atoms with Crippen molar-refractivity contribution in [2.45, 2.75) is 45.3 Å². The maximum atomic E-state index is 13.2. The first kappa shape index (κ1) is 22.8. The van der Waals surface area contributed by atoms with E-state index in [2.05, 4.69) is 29.1 Å². The van der Waals surface area contributed by atoms with E-state index in [1.165, 1.54) is 18.6 Å². The average molecular weight is 474 g/mol. The first-order valence-corrected chi connectivity index (χ1v) is 11.5. The monoisotopic (exact) mass is 473 g/mol. The molecule has 0 amide bonds. The van der Waals surface area contributed by atoms with Gasteiger partial charge in [0.2, 0.25) is 5.78 Å². The molecule has 1 aliphatic rings.